The number of aliphatic hydroxyl groups excluding tert-OH is 1. The Bertz CT molecular complexity index is 711. The first kappa shape index (κ1) is 17.7. The highest BCUT2D eigenvalue weighted by Gasteiger charge is 2.25. The molecule has 1 aliphatic heterocycles. The number of aliphatic hydroxyl groups is 1. The summed E-state index contributed by atoms with van der Waals surface area (Å²) in [5.41, 5.74) is 2.16. The second-order valence-electron chi connectivity index (χ2n) is 6.74. The molecule has 25 heavy (non-hydrogen) atoms. The zero-order valence-electron chi connectivity index (χ0n) is 14.9. The average Bonchev–Trinajstić information content (AvgIpc) is 2.94. The highest BCUT2D eigenvalue weighted by Crippen LogP contribution is 2.19. The maximum absolute atomic E-state index is 12.4. The van der Waals surface area contributed by atoms with Gasteiger partial charge in [0.15, 0.2) is 0 Å². The van der Waals surface area contributed by atoms with E-state index >= 15 is 0 Å². The van der Waals surface area contributed by atoms with Crippen LogP contribution in [-0.4, -0.2) is 51.3 Å². The van der Waals surface area contributed by atoms with Crippen LogP contribution in [0.5, 0.6) is 0 Å². The van der Waals surface area contributed by atoms with E-state index in [9.17, 15) is 9.90 Å². The summed E-state index contributed by atoms with van der Waals surface area (Å²) in [5, 5.41) is 12.2. The van der Waals surface area contributed by atoms with Crippen molar-refractivity contribution in [3.63, 3.8) is 0 Å². The Balaban J connectivity index is 1.50. The Morgan fingerprint density at radius 2 is 2.20 bits per heavy atom. The lowest BCUT2D eigenvalue weighted by atomic mass is 10.0. The third-order valence-electron chi connectivity index (χ3n) is 5.03. The van der Waals surface area contributed by atoms with Gasteiger partial charge < -0.3 is 19.9 Å². The predicted octanol–water partition coefficient (Wildman–Crippen LogP) is 2.68. The highest BCUT2D eigenvalue weighted by atomic mass is 16.3. The number of likely N-dealkylation sites (tertiary alicyclic amines) is 1. The van der Waals surface area contributed by atoms with Crippen molar-refractivity contribution < 1.29 is 9.90 Å². The molecule has 2 heterocycles. The number of piperidine rings is 1. The monoisotopic (exact) mass is 344 g/mol. The van der Waals surface area contributed by atoms with Crippen molar-refractivity contribution in [3.8, 4) is 0 Å². The third-order valence-corrected chi connectivity index (χ3v) is 5.03. The number of hydrogen-bond donors (Lipinski definition) is 2. The smallest absolute Gasteiger partial charge is 0.317 e. The van der Waals surface area contributed by atoms with Crippen LogP contribution in [0.25, 0.3) is 11.0 Å². The lowest BCUT2D eigenvalue weighted by molar-refractivity contribution is 0.132. The van der Waals surface area contributed by atoms with E-state index in [0.29, 0.717) is 13.0 Å². The van der Waals surface area contributed by atoms with Gasteiger partial charge in [-0.25, -0.2) is 9.78 Å². The number of amides is 2. The minimum atomic E-state index is 0.00496. The van der Waals surface area contributed by atoms with E-state index < -0.39 is 0 Å². The predicted molar refractivity (Wildman–Crippen MR) is 98.5 cm³/mol. The third kappa shape index (κ3) is 4.12. The molecule has 0 spiro atoms. The summed E-state index contributed by atoms with van der Waals surface area (Å²) in [6.07, 6.45) is 4.73. The Kier molecular flexibility index (Phi) is 5.91. The van der Waals surface area contributed by atoms with Gasteiger partial charge in [0.1, 0.15) is 5.82 Å². The average molecular weight is 344 g/mol. The number of carbonyl (C=O) groups is 1. The normalized spacial score (nSPS) is 17.8. The number of para-hydroxylation sites is 2. The van der Waals surface area contributed by atoms with E-state index in [-0.39, 0.29) is 18.7 Å². The molecule has 2 N–H and O–H groups in total. The first-order chi connectivity index (χ1) is 12.2. The van der Waals surface area contributed by atoms with Crippen LogP contribution < -0.4 is 5.32 Å². The van der Waals surface area contributed by atoms with Crippen molar-refractivity contribution in [3.05, 3.63) is 30.1 Å². The van der Waals surface area contributed by atoms with Crippen LogP contribution in [0.4, 0.5) is 4.79 Å². The molecular formula is C19H28N4O2. The fraction of sp³-hybridized carbons (Fsp3) is 0.579. The summed E-state index contributed by atoms with van der Waals surface area (Å²) in [6.45, 7) is 4.44. The van der Waals surface area contributed by atoms with Crippen molar-refractivity contribution in [1.82, 2.24) is 19.8 Å². The van der Waals surface area contributed by atoms with Gasteiger partial charge in [0.2, 0.25) is 0 Å². The first-order valence-electron chi connectivity index (χ1n) is 9.28. The lowest BCUT2D eigenvalue weighted by Crippen LogP contribution is -2.49. The van der Waals surface area contributed by atoms with Gasteiger partial charge in [-0.15, -0.1) is 0 Å². The second kappa shape index (κ2) is 8.34. The van der Waals surface area contributed by atoms with E-state index in [1.807, 2.05) is 30.0 Å². The molecule has 6 heteroatoms. The summed E-state index contributed by atoms with van der Waals surface area (Å²) >= 11 is 0. The summed E-state index contributed by atoms with van der Waals surface area (Å²) in [7, 11) is 0. The van der Waals surface area contributed by atoms with E-state index in [1.165, 1.54) is 0 Å². The van der Waals surface area contributed by atoms with Crippen molar-refractivity contribution >= 4 is 17.1 Å². The Morgan fingerprint density at radius 1 is 1.36 bits per heavy atom. The van der Waals surface area contributed by atoms with Gasteiger partial charge >= 0.3 is 6.03 Å². The molecule has 1 unspecified atom stereocenters. The summed E-state index contributed by atoms with van der Waals surface area (Å²) < 4.78 is 2.21. The van der Waals surface area contributed by atoms with E-state index in [2.05, 4.69) is 20.9 Å². The molecule has 2 aromatic rings. The summed E-state index contributed by atoms with van der Waals surface area (Å²) in [5.74, 6) is 1.01. The molecule has 1 aromatic heterocycles. The molecule has 1 saturated heterocycles. The van der Waals surface area contributed by atoms with Crippen LogP contribution in [-0.2, 0) is 6.54 Å². The number of urea groups is 1. The molecule has 0 aliphatic carbocycles. The molecule has 3 rings (SSSR count). The molecule has 1 fully saturated rings. The number of nitrogens with zero attached hydrogens (tertiary/aromatic N) is 3. The first-order valence-corrected chi connectivity index (χ1v) is 9.28. The van der Waals surface area contributed by atoms with Gasteiger partial charge in [0.05, 0.1) is 11.0 Å². The van der Waals surface area contributed by atoms with Crippen molar-refractivity contribution in [2.45, 2.75) is 51.6 Å². The number of benzene rings is 1. The lowest BCUT2D eigenvalue weighted by Gasteiger charge is -2.35. The SMILES string of the molecule is Cc1nc2ccccc2n1CCCNC(=O)N1CCCCC1CCO. The van der Waals surface area contributed by atoms with Gasteiger partial charge in [-0.05, 0) is 51.2 Å². The number of nitrogens with one attached hydrogen (secondary N) is 1. The van der Waals surface area contributed by atoms with Crippen LogP contribution in [0.3, 0.4) is 0 Å². The quantitative estimate of drug-likeness (QED) is 0.792. The van der Waals surface area contributed by atoms with Crippen LogP contribution >= 0.6 is 0 Å². The molecule has 0 saturated carbocycles. The number of aromatic nitrogens is 2. The summed E-state index contributed by atoms with van der Waals surface area (Å²) in [6, 6.07) is 8.32. The molecule has 0 radical (unpaired) electrons. The molecule has 1 atom stereocenters. The van der Waals surface area contributed by atoms with Crippen LogP contribution in [0, 0.1) is 6.92 Å². The number of rotatable bonds is 6. The molecule has 6 nitrogen and oxygen atoms in total. The van der Waals surface area contributed by atoms with Gasteiger partial charge in [-0.1, -0.05) is 12.1 Å². The van der Waals surface area contributed by atoms with Gasteiger partial charge in [0, 0.05) is 32.3 Å². The van der Waals surface area contributed by atoms with Crippen molar-refractivity contribution in [2.24, 2.45) is 0 Å². The summed E-state index contributed by atoms with van der Waals surface area (Å²) in [4.78, 5) is 18.9. The number of fused-ring (bicyclic) bond motifs is 1. The Hall–Kier alpha value is -2.08. The highest BCUT2D eigenvalue weighted by molar-refractivity contribution is 5.76. The van der Waals surface area contributed by atoms with Crippen molar-refractivity contribution in [1.29, 1.82) is 0 Å². The van der Waals surface area contributed by atoms with Crippen LogP contribution in [0.1, 0.15) is 37.9 Å². The van der Waals surface area contributed by atoms with Gasteiger partial charge in [-0.2, -0.15) is 0 Å². The Morgan fingerprint density at radius 3 is 3.04 bits per heavy atom. The van der Waals surface area contributed by atoms with Gasteiger partial charge in [0.25, 0.3) is 0 Å². The Labute approximate surface area is 148 Å². The number of hydrogen-bond acceptors (Lipinski definition) is 3. The fourth-order valence-electron chi connectivity index (χ4n) is 3.73. The van der Waals surface area contributed by atoms with Crippen LogP contribution in [0.2, 0.25) is 0 Å². The van der Waals surface area contributed by atoms with E-state index in [4.69, 9.17) is 0 Å². The maximum atomic E-state index is 12.4. The largest absolute Gasteiger partial charge is 0.396 e. The number of carbonyl (C=O) groups excluding carboxylic acids is 1. The van der Waals surface area contributed by atoms with E-state index in [0.717, 1.165) is 55.6 Å². The van der Waals surface area contributed by atoms with Crippen LogP contribution in [0.15, 0.2) is 24.3 Å². The standard InChI is InChI=1S/C19H28N4O2/c1-15-21-17-8-2-3-9-18(17)22(15)13-6-11-20-19(25)23-12-5-4-7-16(23)10-14-24/h2-3,8-9,16,24H,4-7,10-14H2,1H3,(H,20,25). The molecule has 1 aromatic carbocycles. The van der Waals surface area contributed by atoms with Crippen molar-refractivity contribution in [2.75, 3.05) is 19.7 Å². The number of imidazole rings is 1. The zero-order chi connectivity index (χ0) is 17.6. The number of aryl methyl sites for hydroxylation is 2. The van der Waals surface area contributed by atoms with E-state index in [1.54, 1.807) is 0 Å². The molecular weight excluding hydrogens is 316 g/mol. The minimum Gasteiger partial charge on any atom is -0.396 e. The second-order valence-corrected chi connectivity index (χ2v) is 6.74. The topological polar surface area (TPSA) is 70.4 Å². The molecule has 1 aliphatic rings. The molecule has 2 amide bonds. The zero-order valence-corrected chi connectivity index (χ0v) is 14.9. The molecule has 0 bridgehead atoms. The van der Waals surface area contributed by atoms with Gasteiger partial charge in [-0.3, -0.25) is 0 Å². The maximum Gasteiger partial charge on any atom is 0.317 e. The minimum absolute atomic E-state index is 0.00496. The molecule has 136 valence electrons. The fourth-order valence-corrected chi connectivity index (χ4v) is 3.73.